The summed E-state index contributed by atoms with van der Waals surface area (Å²) in [7, 11) is 1.62. The first kappa shape index (κ1) is 11.8. The number of methoxy groups -OCH3 is 1. The number of anilines is 1. The Bertz CT molecular complexity index is 285. The maximum absolute atomic E-state index is 5.57. The van der Waals surface area contributed by atoms with Crippen molar-refractivity contribution in [1.29, 1.82) is 0 Å². The van der Waals surface area contributed by atoms with Crippen LogP contribution in [-0.4, -0.2) is 31.7 Å². The summed E-state index contributed by atoms with van der Waals surface area (Å²) in [4.78, 5) is 6.55. The Morgan fingerprint density at radius 3 is 2.80 bits per heavy atom. The molecule has 4 nitrogen and oxygen atoms in total. The van der Waals surface area contributed by atoms with Gasteiger partial charge in [-0.3, -0.25) is 0 Å². The third-order valence-corrected chi connectivity index (χ3v) is 2.13. The second-order valence-electron chi connectivity index (χ2n) is 3.31. The molecular formula is C11H19N3O. The summed E-state index contributed by atoms with van der Waals surface area (Å²) in [5.41, 5.74) is 5.57. The highest BCUT2D eigenvalue weighted by atomic mass is 16.5. The van der Waals surface area contributed by atoms with E-state index in [-0.39, 0.29) is 0 Å². The fraction of sp³-hybridized carbons (Fsp3) is 0.545. The van der Waals surface area contributed by atoms with Gasteiger partial charge in [0.25, 0.3) is 0 Å². The zero-order valence-corrected chi connectivity index (χ0v) is 9.44. The first-order chi connectivity index (χ1) is 7.31. The normalized spacial score (nSPS) is 10.1. The van der Waals surface area contributed by atoms with Gasteiger partial charge in [0.2, 0.25) is 5.88 Å². The lowest BCUT2D eigenvalue weighted by molar-refractivity contribution is 0.398. The Hall–Kier alpha value is -1.29. The molecule has 0 fully saturated rings. The van der Waals surface area contributed by atoms with E-state index < -0.39 is 0 Å². The van der Waals surface area contributed by atoms with Gasteiger partial charge in [0.15, 0.2) is 0 Å². The van der Waals surface area contributed by atoms with E-state index in [2.05, 4.69) is 16.8 Å². The van der Waals surface area contributed by atoms with E-state index in [0.29, 0.717) is 12.4 Å². The number of nitrogens with zero attached hydrogens (tertiary/aromatic N) is 2. The number of nitrogens with two attached hydrogens (primary N) is 1. The van der Waals surface area contributed by atoms with Gasteiger partial charge in [-0.15, -0.1) is 0 Å². The molecule has 0 radical (unpaired) electrons. The van der Waals surface area contributed by atoms with Gasteiger partial charge < -0.3 is 15.4 Å². The summed E-state index contributed by atoms with van der Waals surface area (Å²) >= 11 is 0. The highest BCUT2D eigenvalue weighted by Gasteiger charge is 2.06. The van der Waals surface area contributed by atoms with Crippen LogP contribution in [0.4, 0.5) is 5.82 Å². The van der Waals surface area contributed by atoms with Crippen LogP contribution in [0.3, 0.4) is 0 Å². The molecule has 4 heteroatoms. The van der Waals surface area contributed by atoms with E-state index in [0.717, 1.165) is 25.3 Å². The van der Waals surface area contributed by atoms with Gasteiger partial charge in [-0.1, -0.05) is 13.0 Å². The third-order valence-electron chi connectivity index (χ3n) is 2.13. The molecule has 2 N–H and O–H groups in total. The lowest BCUT2D eigenvalue weighted by Gasteiger charge is -2.22. The number of hydrogen-bond acceptors (Lipinski definition) is 4. The van der Waals surface area contributed by atoms with Gasteiger partial charge in [-0.05, 0) is 12.5 Å². The molecule has 0 atom stereocenters. The predicted molar refractivity (Wildman–Crippen MR) is 62.3 cm³/mol. The lowest BCUT2D eigenvalue weighted by atomic mass is 10.3. The molecule has 0 aliphatic heterocycles. The van der Waals surface area contributed by atoms with Gasteiger partial charge in [0.1, 0.15) is 5.82 Å². The van der Waals surface area contributed by atoms with Crippen molar-refractivity contribution in [2.75, 3.05) is 31.6 Å². The molecule has 0 saturated heterocycles. The predicted octanol–water partition coefficient (Wildman–Crippen LogP) is 1.27. The van der Waals surface area contributed by atoms with Crippen molar-refractivity contribution in [3.63, 3.8) is 0 Å². The highest BCUT2D eigenvalue weighted by molar-refractivity contribution is 5.40. The first-order valence-electron chi connectivity index (χ1n) is 5.28. The van der Waals surface area contributed by atoms with Crippen molar-refractivity contribution in [2.24, 2.45) is 5.73 Å². The van der Waals surface area contributed by atoms with Crippen LogP contribution < -0.4 is 15.4 Å². The average molecular weight is 209 g/mol. The molecule has 0 unspecified atom stereocenters. The standard InChI is InChI=1S/C11H19N3O/c1-3-8-14(9-7-12)10-5-4-6-11(13-10)15-2/h4-6H,3,7-9,12H2,1-2H3. The van der Waals surface area contributed by atoms with Gasteiger partial charge in [-0.25, -0.2) is 0 Å². The quantitative estimate of drug-likeness (QED) is 0.766. The minimum atomic E-state index is 0.638. The van der Waals surface area contributed by atoms with Crippen LogP contribution in [0.2, 0.25) is 0 Å². The molecule has 0 saturated carbocycles. The molecule has 15 heavy (non-hydrogen) atoms. The van der Waals surface area contributed by atoms with Crippen molar-refractivity contribution >= 4 is 5.82 Å². The van der Waals surface area contributed by atoms with Crippen molar-refractivity contribution in [3.05, 3.63) is 18.2 Å². The van der Waals surface area contributed by atoms with Crippen molar-refractivity contribution in [1.82, 2.24) is 4.98 Å². The van der Waals surface area contributed by atoms with Gasteiger partial charge in [0.05, 0.1) is 7.11 Å². The molecular weight excluding hydrogens is 190 g/mol. The van der Waals surface area contributed by atoms with Crippen LogP contribution in [0.5, 0.6) is 5.88 Å². The number of pyridine rings is 1. The van der Waals surface area contributed by atoms with Crippen LogP contribution in [0.1, 0.15) is 13.3 Å². The number of aromatic nitrogens is 1. The van der Waals surface area contributed by atoms with E-state index in [1.165, 1.54) is 0 Å². The molecule has 0 aliphatic rings. The van der Waals surface area contributed by atoms with Crippen molar-refractivity contribution < 1.29 is 4.74 Å². The van der Waals surface area contributed by atoms with E-state index in [1.54, 1.807) is 7.11 Å². The molecule has 0 amide bonds. The minimum Gasteiger partial charge on any atom is -0.481 e. The Morgan fingerprint density at radius 1 is 1.40 bits per heavy atom. The monoisotopic (exact) mass is 209 g/mol. The maximum Gasteiger partial charge on any atom is 0.214 e. The molecule has 1 aromatic heterocycles. The summed E-state index contributed by atoms with van der Waals surface area (Å²) in [5.74, 6) is 1.58. The van der Waals surface area contributed by atoms with Crippen LogP contribution in [0.15, 0.2) is 18.2 Å². The topological polar surface area (TPSA) is 51.4 Å². The highest BCUT2D eigenvalue weighted by Crippen LogP contribution is 2.15. The minimum absolute atomic E-state index is 0.638. The smallest absolute Gasteiger partial charge is 0.214 e. The summed E-state index contributed by atoms with van der Waals surface area (Å²) in [6.45, 7) is 4.58. The number of rotatable bonds is 6. The first-order valence-corrected chi connectivity index (χ1v) is 5.28. The van der Waals surface area contributed by atoms with Crippen LogP contribution in [0, 0.1) is 0 Å². The Kier molecular flexibility index (Phi) is 4.90. The zero-order chi connectivity index (χ0) is 11.1. The molecule has 1 aromatic rings. The van der Waals surface area contributed by atoms with Crippen LogP contribution >= 0.6 is 0 Å². The fourth-order valence-electron chi connectivity index (χ4n) is 1.46. The molecule has 0 aliphatic carbocycles. The molecule has 0 spiro atoms. The molecule has 1 rings (SSSR count). The Labute approximate surface area is 91.1 Å². The summed E-state index contributed by atoms with van der Waals surface area (Å²) in [6.07, 6.45) is 1.08. The lowest BCUT2D eigenvalue weighted by Crippen LogP contribution is -2.30. The van der Waals surface area contributed by atoms with Gasteiger partial charge >= 0.3 is 0 Å². The third kappa shape index (κ3) is 3.40. The largest absolute Gasteiger partial charge is 0.481 e. The fourth-order valence-corrected chi connectivity index (χ4v) is 1.46. The van der Waals surface area contributed by atoms with Crippen LogP contribution in [0.25, 0.3) is 0 Å². The van der Waals surface area contributed by atoms with Crippen molar-refractivity contribution in [2.45, 2.75) is 13.3 Å². The summed E-state index contributed by atoms with van der Waals surface area (Å²) in [5, 5.41) is 0. The van der Waals surface area contributed by atoms with Gasteiger partial charge in [0, 0.05) is 25.7 Å². The maximum atomic E-state index is 5.57. The van der Waals surface area contributed by atoms with E-state index >= 15 is 0 Å². The molecule has 0 bridgehead atoms. The van der Waals surface area contributed by atoms with Crippen LogP contribution in [-0.2, 0) is 0 Å². The number of ether oxygens (including phenoxy) is 1. The zero-order valence-electron chi connectivity index (χ0n) is 9.44. The molecule has 1 heterocycles. The second-order valence-corrected chi connectivity index (χ2v) is 3.31. The van der Waals surface area contributed by atoms with E-state index in [4.69, 9.17) is 10.5 Å². The van der Waals surface area contributed by atoms with Gasteiger partial charge in [-0.2, -0.15) is 4.98 Å². The SMILES string of the molecule is CCCN(CCN)c1cccc(OC)n1. The summed E-state index contributed by atoms with van der Waals surface area (Å²) in [6, 6.07) is 5.77. The molecule has 0 aromatic carbocycles. The van der Waals surface area contributed by atoms with Crippen molar-refractivity contribution in [3.8, 4) is 5.88 Å². The second kappa shape index (κ2) is 6.24. The summed E-state index contributed by atoms with van der Waals surface area (Å²) < 4.78 is 5.09. The molecule has 84 valence electrons. The Balaban J connectivity index is 2.79. The Morgan fingerprint density at radius 2 is 2.20 bits per heavy atom. The number of hydrogen-bond donors (Lipinski definition) is 1. The van der Waals surface area contributed by atoms with E-state index in [1.807, 2.05) is 18.2 Å². The average Bonchev–Trinajstić information content (AvgIpc) is 2.29. The van der Waals surface area contributed by atoms with E-state index in [9.17, 15) is 0 Å².